The molecule has 1 N–H and O–H groups in total. The summed E-state index contributed by atoms with van der Waals surface area (Å²) in [6.07, 6.45) is 0.350. The van der Waals surface area contributed by atoms with Crippen LogP contribution in [0.15, 0.2) is 42.5 Å². The van der Waals surface area contributed by atoms with Crippen LogP contribution in [0, 0.1) is 0 Å². The second-order valence-electron chi connectivity index (χ2n) is 5.55. The molecular formula is C19H24ClNO3. The van der Waals surface area contributed by atoms with Gasteiger partial charge in [0.25, 0.3) is 0 Å². The minimum absolute atomic E-state index is 0.470. The molecule has 0 fully saturated rings. The number of hydrogen-bond donors (Lipinski definition) is 1. The van der Waals surface area contributed by atoms with Crippen molar-refractivity contribution in [1.29, 1.82) is 0 Å². The van der Waals surface area contributed by atoms with Crippen LogP contribution in [0.3, 0.4) is 0 Å². The molecule has 2 aromatic rings. The zero-order valence-corrected chi connectivity index (χ0v) is 15.1. The Labute approximate surface area is 148 Å². The van der Waals surface area contributed by atoms with E-state index in [2.05, 4.69) is 11.8 Å². The molecule has 0 saturated heterocycles. The maximum absolute atomic E-state index is 10.6. The average molecular weight is 350 g/mol. The van der Waals surface area contributed by atoms with Gasteiger partial charge < -0.3 is 19.5 Å². The number of nitrogens with zero attached hydrogens (tertiary/aromatic N) is 1. The highest BCUT2D eigenvalue weighted by Gasteiger charge is 2.17. The van der Waals surface area contributed by atoms with E-state index in [1.165, 1.54) is 0 Å². The molecule has 0 radical (unpaired) electrons. The van der Waals surface area contributed by atoms with E-state index in [-0.39, 0.29) is 0 Å². The fourth-order valence-corrected chi connectivity index (χ4v) is 2.75. The maximum Gasteiger partial charge on any atom is 0.145 e. The number of methoxy groups -OCH3 is 2. The van der Waals surface area contributed by atoms with Crippen molar-refractivity contribution in [2.45, 2.75) is 19.4 Å². The molecule has 0 aliphatic heterocycles. The molecule has 130 valence electrons. The highest BCUT2D eigenvalue weighted by Crippen LogP contribution is 2.33. The molecule has 2 aromatic carbocycles. The monoisotopic (exact) mass is 349 g/mol. The summed E-state index contributed by atoms with van der Waals surface area (Å²) in [6, 6.07) is 13.0. The van der Waals surface area contributed by atoms with Crippen molar-refractivity contribution < 1.29 is 14.6 Å². The molecule has 0 saturated carbocycles. The molecular weight excluding hydrogens is 326 g/mol. The van der Waals surface area contributed by atoms with Crippen molar-refractivity contribution in [1.82, 2.24) is 0 Å². The van der Waals surface area contributed by atoms with Gasteiger partial charge in [-0.3, -0.25) is 0 Å². The van der Waals surface area contributed by atoms with Crippen molar-refractivity contribution in [2.24, 2.45) is 0 Å². The minimum Gasteiger partial charge on any atom is -0.497 e. The summed E-state index contributed by atoms with van der Waals surface area (Å²) in [4.78, 5) is 2.12. The molecule has 0 heterocycles. The van der Waals surface area contributed by atoms with Crippen LogP contribution in [0.2, 0.25) is 5.02 Å². The third kappa shape index (κ3) is 4.56. The smallest absolute Gasteiger partial charge is 0.145 e. The lowest BCUT2D eigenvalue weighted by molar-refractivity contribution is 0.183. The number of rotatable bonds is 8. The molecule has 1 atom stereocenters. The summed E-state index contributed by atoms with van der Waals surface area (Å²) in [5, 5.41) is 11.2. The number of halogens is 1. The third-order valence-electron chi connectivity index (χ3n) is 3.87. The second-order valence-corrected chi connectivity index (χ2v) is 5.99. The lowest BCUT2D eigenvalue weighted by atomic mass is 10.1. The Bertz CT molecular complexity index is 646. The van der Waals surface area contributed by atoms with Crippen LogP contribution in [0.5, 0.6) is 11.5 Å². The first kappa shape index (κ1) is 18.4. The van der Waals surface area contributed by atoms with Crippen molar-refractivity contribution in [3.8, 4) is 11.5 Å². The van der Waals surface area contributed by atoms with Crippen molar-refractivity contribution in [3.63, 3.8) is 0 Å². The third-order valence-corrected chi connectivity index (χ3v) is 4.12. The first-order valence-corrected chi connectivity index (χ1v) is 8.37. The maximum atomic E-state index is 10.6. The summed E-state index contributed by atoms with van der Waals surface area (Å²) < 4.78 is 10.7. The van der Waals surface area contributed by atoms with E-state index in [0.717, 1.165) is 35.7 Å². The number of aliphatic hydroxyl groups is 1. The van der Waals surface area contributed by atoms with Gasteiger partial charge in [-0.15, -0.1) is 0 Å². The first-order valence-electron chi connectivity index (χ1n) is 7.99. The topological polar surface area (TPSA) is 41.9 Å². The number of hydrogen-bond acceptors (Lipinski definition) is 4. The summed E-state index contributed by atoms with van der Waals surface area (Å²) in [7, 11) is 3.26. The van der Waals surface area contributed by atoms with E-state index in [9.17, 15) is 5.11 Å². The van der Waals surface area contributed by atoms with E-state index in [0.29, 0.717) is 11.6 Å². The van der Waals surface area contributed by atoms with Gasteiger partial charge in [0.15, 0.2) is 0 Å². The summed E-state index contributed by atoms with van der Waals surface area (Å²) in [5.41, 5.74) is 1.78. The molecule has 0 aliphatic rings. The van der Waals surface area contributed by atoms with E-state index < -0.39 is 6.10 Å². The Morgan fingerprint density at radius 2 is 1.79 bits per heavy atom. The van der Waals surface area contributed by atoms with E-state index in [1.807, 2.05) is 30.3 Å². The van der Waals surface area contributed by atoms with E-state index >= 15 is 0 Å². The van der Waals surface area contributed by atoms with E-state index in [1.54, 1.807) is 26.4 Å². The van der Waals surface area contributed by atoms with Gasteiger partial charge >= 0.3 is 0 Å². The molecule has 0 aromatic heterocycles. The lowest BCUT2D eigenvalue weighted by Gasteiger charge is -2.28. The lowest BCUT2D eigenvalue weighted by Crippen LogP contribution is -2.29. The van der Waals surface area contributed by atoms with Crippen LogP contribution in [0.1, 0.15) is 25.0 Å². The molecule has 0 aliphatic carbocycles. The van der Waals surface area contributed by atoms with Gasteiger partial charge in [-0.25, -0.2) is 0 Å². The second kappa shape index (κ2) is 8.81. The Morgan fingerprint density at radius 1 is 1.08 bits per heavy atom. The van der Waals surface area contributed by atoms with Crippen LogP contribution in [-0.4, -0.2) is 32.4 Å². The van der Waals surface area contributed by atoms with Crippen LogP contribution in [-0.2, 0) is 0 Å². The van der Waals surface area contributed by atoms with Crippen LogP contribution in [0.25, 0.3) is 0 Å². The normalized spacial score (nSPS) is 11.9. The molecule has 0 bridgehead atoms. The Hall–Kier alpha value is -1.91. The van der Waals surface area contributed by atoms with Gasteiger partial charge in [0.2, 0.25) is 0 Å². The number of ether oxygens (including phenoxy) is 2. The molecule has 5 heteroatoms. The van der Waals surface area contributed by atoms with Crippen molar-refractivity contribution in [2.75, 3.05) is 32.2 Å². The Morgan fingerprint density at radius 3 is 2.38 bits per heavy atom. The summed E-state index contributed by atoms with van der Waals surface area (Å²) in [5.74, 6) is 1.47. The van der Waals surface area contributed by atoms with Crippen LogP contribution in [0.4, 0.5) is 5.69 Å². The fraction of sp³-hybridized carbons (Fsp3) is 0.368. The van der Waals surface area contributed by atoms with Gasteiger partial charge in [-0.2, -0.15) is 0 Å². The van der Waals surface area contributed by atoms with Crippen LogP contribution < -0.4 is 14.4 Å². The van der Waals surface area contributed by atoms with Gasteiger partial charge in [0, 0.05) is 24.2 Å². The van der Waals surface area contributed by atoms with Crippen LogP contribution >= 0.6 is 11.6 Å². The Kier molecular flexibility index (Phi) is 6.76. The van der Waals surface area contributed by atoms with E-state index in [4.69, 9.17) is 21.1 Å². The van der Waals surface area contributed by atoms with Crippen molar-refractivity contribution >= 4 is 17.3 Å². The van der Waals surface area contributed by atoms with Gasteiger partial charge in [-0.1, -0.05) is 30.7 Å². The number of anilines is 1. The quantitative estimate of drug-likeness (QED) is 0.771. The summed E-state index contributed by atoms with van der Waals surface area (Å²) in [6.45, 7) is 3.39. The van der Waals surface area contributed by atoms with Gasteiger partial charge in [0.05, 0.1) is 26.0 Å². The highest BCUT2D eigenvalue weighted by atomic mass is 35.5. The SMILES string of the molecule is CCCN(CC(O)c1ccc(Cl)cc1)c1ccc(OC)cc1OC. The first-order chi connectivity index (χ1) is 11.6. The molecule has 4 nitrogen and oxygen atoms in total. The van der Waals surface area contributed by atoms with Crippen molar-refractivity contribution in [3.05, 3.63) is 53.1 Å². The Balaban J connectivity index is 2.24. The largest absolute Gasteiger partial charge is 0.497 e. The fourth-order valence-electron chi connectivity index (χ4n) is 2.63. The number of aliphatic hydroxyl groups excluding tert-OH is 1. The molecule has 0 amide bonds. The zero-order valence-electron chi connectivity index (χ0n) is 14.3. The predicted molar refractivity (Wildman–Crippen MR) is 98.5 cm³/mol. The zero-order chi connectivity index (χ0) is 17.5. The summed E-state index contributed by atoms with van der Waals surface area (Å²) >= 11 is 5.92. The standard InChI is InChI=1S/C19H24ClNO3/c1-4-11-21(13-18(22)14-5-7-15(20)8-6-14)17-10-9-16(23-2)12-19(17)24-3/h5-10,12,18,22H,4,11,13H2,1-3H3. The van der Waals surface area contributed by atoms with Gasteiger partial charge in [0.1, 0.15) is 11.5 Å². The molecule has 24 heavy (non-hydrogen) atoms. The molecule has 2 rings (SSSR count). The predicted octanol–water partition coefficient (Wildman–Crippen LogP) is 4.31. The molecule has 0 spiro atoms. The van der Waals surface area contributed by atoms with Gasteiger partial charge in [-0.05, 0) is 36.2 Å². The minimum atomic E-state index is -0.611. The molecule has 1 unspecified atom stereocenters. The average Bonchev–Trinajstić information content (AvgIpc) is 2.61. The highest BCUT2D eigenvalue weighted by molar-refractivity contribution is 6.30. The number of benzene rings is 2.